The predicted molar refractivity (Wildman–Crippen MR) is 117 cm³/mol. The van der Waals surface area contributed by atoms with E-state index in [1.54, 1.807) is 6.07 Å². The first-order valence-electron chi connectivity index (χ1n) is 8.94. The van der Waals surface area contributed by atoms with Crippen molar-refractivity contribution in [1.82, 2.24) is 5.43 Å². The zero-order valence-electron chi connectivity index (χ0n) is 17.8. The third-order valence-corrected chi connectivity index (χ3v) is 5.27. The molecular formula is C19H22N4O8S. The fourth-order valence-electron chi connectivity index (χ4n) is 2.65. The van der Waals surface area contributed by atoms with Crippen LogP contribution in [0.15, 0.2) is 41.5 Å². The van der Waals surface area contributed by atoms with Gasteiger partial charge in [-0.25, -0.2) is 13.8 Å². The van der Waals surface area contributed by atoms with Gasteiger partial charge in [-0.2, -0.15) is 5.10 Å². The number of nitrogens with zero attached hydrogens (tertiary/aromatic N) is 3. The molecule has 0 spiro atoms. The lowest BCUT2D eigenvalue weighted by molar-refractivity contribution is -0.385. The van der Waals surface area contributed by atoms with Gasteiger partial charge in [-0.3, -0.25) is 19.2 Å². The summed E-state index contributed by atoms with van der Waals surface area (Å²) in [5.41, 5.74) is 2.37. The van der Waals surface area contributed by atoms with Gasteiger partial charge in [-0.15, -0.1) is 0 Å². The Labute approximate surface area is 184 Å². The fourth-order valence-corrected chi connectivity index (χ4v) is 3.50. The summed E-state index contributed by atoms with van der Waals surface area (Å²) in [6.45, 7) is -0.595. The molecule has 0 aliphatic heterocycles. The lowest BCUT2D eigenvalue weighted by Crippen LogP contribution is -2.39. The van der Waals surface area contributed by atoms with Crippen molar-refractivity contribution in [1.29, 1.82) is 0 Å². The normalized spacial score (nSPS) is 11.1. The maximum Gasteiger partial charge on any atom is 0.311 e. The van der Waals surface area contributed by atoms with Crippen molar-refractivity contribution < 1.29 is 32.3 Å². The molecule has 0 saturated heterocycles. The summed E-state index contributed by atoms with van der Waals surface area (Å²) in [6, 6.07) is 8.64. The van der Waals surface area contributed by atoms with Crippen LogP contribution >= 0.6 is 0 Å². The van der Waals surface area contributed by atoms with E-state index in [2.05, 4.69) is 10.5 Å². The minimum atomic E-state index is -3.87. The lowest BCUT2D eigenvalue weighted by Gasteiger charge is -2.23. The first-order valence-corrected chi connectivity index (χ1v) is 10.8. The molecule has 2 aromatic rings. The average molecular weight is 466 g/mol. The van der Waals surface area contributed by atoms with E-state index in [1.807, 2.05) is 0 Å². The van der Waals surface area contributed by atoms with E-state index in [0.717, 1.165) is 10.6 Å². The predicted octanol–water partition coefficient (Wildman–Crippen LogP) is 1.54. The van der Waals surface area contributed by atoms with Gasteiger partial charge in [0.2, 0.25) is 10.0 Å². The molecule has 1 amide bonds. The van der Waals surface area contributed by atoms with E-state index < -0.39 is 27.4 Å². The number of benzene rings is 2. The Balaban J connectivity index is 2.21. The molecule has 0 aromatic heterocycles. The zero-order valence-corrected chi connectivity index (χ0v) is 18.6. The standard InChI is InChI=1S/C19H22N4O8S/c1-29-14-6-8-17(30-2)15(10-14)22(32(4,27)28)12-19(24)21-20-11-13-5-7-18(31-3)16(9-13)23(25)26/h5-11H,12H2,1-4H3,(H,21,24)/b20-11+. The molecule has 0 aliphatic carbocycles. The van der Waals surface area contributed by atoms with Crippen molar-refractivity contribution in [2.24, 2.45) is 5.10 Å². The summed E-state index contributed by atoms with van der Waals surface area (Å²) in [5, 5.41) is 14.8. The maximum absolute atomic E-state index is 12.4. The number of hydrogen-bond donors (Lipinski definition) is 1. The molecule has 0 fully saturated rings. The molecule has 32 heavy (non-hydrogen) atoms. The summed E-state index contributed by atoms with van der Waals surface area (Å²) in [5.74, 6) is -0.0844. The number of hydrogen-bond acceptors (Lipinski definition) is 9. The molecule has 2 rings (SSSR count). The summed E-state index contributed by atoms with van der Waals surface area (Å²) in [6.07, 6.45) is 2.13. The minimum absolute atomic E-state index is 0.0761. The molecule has 0 atom stereocenters. The Morgan fingerprint density at radius 2 is 1.78 bits per heavy atom. The molecule has 172 valence electrons. The second kappa shape index (κ2) is 10.4. The van der Waals surface area contributed by atoms with Gasteiger partial charge >= 0.3 is 5.69 Å². The molecule has 13 heteroatoms. The van der Waals surface area contributed by atoms with Crippen LogP contribution in [0.2, 0.25) is 0 Å². The summed E-state index contributed by atoms with van der Waals surface area (Å²) in [4.78, 5) is 22.8. The number of amides is 1. The Hall–Kier alpha value is -3.87. The molecule has 0 bridgehead atoms. The highest BCUT2D eigenvalue weighted by atomic mass is 32.2. The summed E-state index contributed by atoms with van der Waals surface area (Å²) < 4.78 is 40.7. The number of anilines is 1. The Morgan fingerprint density at radius 1 is 1.12 bits per heavy atom. The van der Waals surface area contributed by atoms with Gasteiger partial charge in [0.05, 0.1) is 44.4 Å². The highest BCUT2D eigenvalue weighted by Crippen LogP contribution is 2.33. The molecule has 0 saturated carbocycles. The highest BCUT2D eigenvalue weighted by molar-refractivity contribution is 7.92. The van der Waals surface area contributed by atoms with Crippen LogP contribution < -0.4 is 23.9 Å². The van der Waals surface area contributed by atoms with Gasteiger partial charge in [0, 0.05) is 17.7 Å². The van der Waals surface area contributed by atoms with Crippen LogP contribution in [0.5, 0.6) is 17.2 Å². The molecule has 0 unspecified atom stereocenters. The van der Waals surface area contributed by atoms with Gasteiger partial charge in [0.1, 0.15) is 18.0 Å². The number of ether oxygens (including phenoxy) is 3. The third-order valence-electron chi connectivity index (χ3n) is 4.14. The van der Waals surface area contributed by atoms with Crippen molar-refractivity contribution in [3.05, 3.63) is 52.1 Å². The van der Waals surface area contributed by atoms with Crippen LogP contribution in [0.25, 0.3) is 0 Å². The molecule has 0 heterocycles. The number of nitro benzene ring substituents is 1. The number of rotatable bonds is 10. The van der Waals surface area contributed by atoms with Crippen LogP contribution in [0.3, 0.4) is 0 Å². The summed E-state index contributed by atoms with van der Waals surface area (Å²) in [7, 11) is 0.215. The second-order valence-corrected chi connectivity index (χ2v) is 8.20. The monoisotopic (exact) mass is 466 g/mol. The number of nitrogens with one attached hydrogen (secondary N) is 1. The van der Waals surface area contributed by atoms with Gasteiger partial charge in [-0.05, 0) is 24.3 Å². The van der Waals surface area contributed by atoms with Crippen molar-refractivity contribution in [3.8, 4) is 17.2 Å². The maximum atomic E-state index is 12.4. The minimum Gasteiger partial charge on any atom is -0.497 e. The zero-order chi connectivity index (χ0) is 23.9. The highest BCUT2D eigenvalue weighted by Gasteiger charge is 2.24. The molecule has 2 aromatic carbocycles. The van der Waals surface area contributed by atoms with Crippen molar-refractivity contribution in [2.75, 3.05) is 38.4 Å². The van der Waals surface area contributed by atoms with E-state index in [4.69, 9.17) is 14.2 Å². The number of methoxy groups -OCH3 is 3. The SMILES string of the molecule is COc1ccc(OC)c(N(CC(=O)N/N=C/c2ccc(OC)c([N+](=O)[O-])c2)S(C)(=O)=O)c1. The van der Waals surface area contributed by atoms with E-state index in [9.17, 15) is 23.3 Å². The third kappa shape index (κ3) is 6.07. The fraction of sp³-hybridized carbons (Fsp3) is 0.263. The molecule has 1 N–H and O–H groups in total. The van der Waals surface area contributed by atoms with Gasteiger partial charge in [0.15, 0.2) is 5.75 Å². The van der Waals surface area contributed by atoms with Crippen LogP contribution in [0, 0.1) is 10.1 Å². The molecular weight excluding hydrogens is 444 g/mol. The lowest BCUT2D eigenvalue weighted by atomic mass is 10.2. The average Bonchev–Trinajstić information content (AvgIpc) is 2.76. The molecule has 0 aliphatic rings. The van der Waals surface area contributed by atoms with Crippen LogP contribution in [0.1, 0.15) is 5.56 Å². The Morgan fingerprint density at radius 3 is 2.34 bits per heavy atom. The Kier molecular flexibility index (Phi) is 7.96. The molecule has 0 radical (unpaired) electrons. The van der Waals surface area contributed by atoms with Crippen LogP contribution in [-0.4, -0.2) is 59.6 Å². The molecule has 12 nitrogen and oxygen atoms in total. The number of hydrazone groups is 1. The smallest absolute Gasteiger partial charge is 0.311 e. The van der Waals surface area contributed by atoms with E-state index >= 15 is 0 Å². The van der Waals surface area contributed by atoms with Crippen LogP contribution in [0.4, 0.5) is 11.4 Å². The van der Waals surface area contributed by atoms with E-state index in [0.29, 0.717) is 11.3 Å². The Bertz CT molecular complexity index is 1130. The van der Waals surface area contributed by atoms with Gasteiger partial charge < -0.3 is 14.2 Å². The number of nitro groups is 1. The largest absolute Gasteiger partial charge is 0.497 e. The second-order valence-electron chi connectivity index (χ2n) is 6.29. The van der Waals surface area contributed by atoms with Crippen LogP contribution in [-0.2, 0) is 14.8 Å². The topological polar surface area (TPSA) is 150 Å². The summed E-state index contributed by atoms with van der Waals surface area (Å²) >= 11 is 0. The first kappa shape index (κ1) is 24.4. The quantitative estimate of drug-likeness (QED) is 0.315. The van der Waals surface area contributed by atoms with Gasteiger partial charge in [-0.1, -0.05) is 0 Å². The van der Waals surface area contributed by atoms with Gasteiger partial charge in [0.25, 0.3) is 5.91 Å². The number of sulfonamides is 1. The van der Waals surface area contributed by atoms with Crippen molar-refractivity contribution in [2.45, 2.75) is 0 Å². The van der Waals surface area contributed by atoms with Crippen molar-refractivity contribution in [3.63, 3.8) is 0 Å². The van der Waals surface area contributed by atoms with E-state index in [1.165, 1.54) is 57.9 Å². The first-order chi connectivity index (χ1) is 15.1. The van der Waals surface area contributed by atoms with E-state index in [-0.39, 0.29) is 22.9 Å². The number of carbonyl (C=O) groups is 1. The van der Waals surface area contributed by atoms with Crippen molar-refractivity contribution >= 4 is 33.5 Å². The number of carbonyl (C=O) groups excluding carboxylic acids is 1.